The number of hydrogen-bond donors (Lipinski definition) is 0. The fraction of sp³-hybridized carbons (Fsp3) is 0.333. The first-order valence-electron chi connectivity index (χ1n) is 10.00. The summed E-state index contributed by atoms with van der Waals surface area (Å²) in [6.45, 7) is 2.17. The highest BCUT2D eigenvalue weighted by atomic mass is 16.5. The Labute approximate surface area is 171 Å². The average Bonchev–Trinajstić information content (AvgIpc) is 2.76. The van der Waals surface area contributed by atoms with Crippen LogP contribution in [0.5, 0.6) is 5.75 Å². The zero-order valence-corrected chi connectivity index (χ0v) is 17.0. The summed E-state index contributed by atoms with van der Waals surface area (Å²) in [5.74, 6) is -0.0592. The van der Waals surface area contributed by atoms with Crippen LogP contribution in [-0.4, -0.2) is 37.0 Å². The highest BCUT2D eigenvalue weighted by molar-refractivity contribution is 5.89. The van der Waals surface area contributed by atoms with Gasteiger partial charge in [0.1, 0.15) is 5.75 Å². The van der Waals surface area contributed by atoms with Gasteiger partial charge in [-0.1, -0.05) is 42.5 Å². The van der Waals surface area contributed by atoms with E-state index >= 15 is 0 Å². The third-order valence-corrected chi connectivity index (χ3v) is 5.15. The summed E-state index contributed by atoms with van der Waals surface area (Å²) in [6.07, 6.45) is 5.96. The number of para-hydroxylation sites is 1. The van der Waals surface area contributed by atoms with Crippen LogP contribution in [0, 0.1) is 0 Å². The molecular weight excluding hydrogens is 366 g/mol. The summed E-state index contributed by atoms with van der Waals surface area (Å²) in [5, 5.41) is 0. The van der Waals surface area contributed by atoms with Gasteiger partial charge in [-0.25, -0.2) is 4.79 Å². The number of nitrogens with zero attached hydrogens (tertiary/aromatic N) is 1. The second-order valence-corrected chi connectivity index (χ2v) is 7.02. The number of aryl methyl sites for hydroxylation is 1. The summed E-state index contributed by atoms with van der Waals surface area (Å²) in [7, 11) is 1.77. The predicted octanol–water partition coefficient (Wildman–Crippen LogP) is 4.18. The van der Waals surface area contributed by atoms with Crippen LogP contribution in [-0.2, 0) is 20.7 Å². The Balaban J connectivity index is 1.56. The number of rotatable bonds is 7. The van der Waals surface area contributed by atoms with Crippen LogP contribution in [0.4, 0.5) is 0 Å². The first-order valence-corrected chi connectivity index (χ1v) is 10.00. The van der Waals surface area contributed by atoms with Gasteiger partial charge in [0, 0.05) is 18.7 Å². The number of fused-ring (bicyclic) bond motifs is 1. The van der Waals surface area contributed by atoms with Gasteiger partial charge in [-0.05, 0) is 49.5 Å². The highest BCUT2D eigenvalue weighted by Crippen LogP contribution is 2.33. The normalized spacial score (nSPS) is 15.6. The lowest BCUT2D eigenvalue weighted by Gasteiger charge is -2.33. The Morgan fingerprint density at radius 2 is 1.90 bits per heavy atom. The third-order valence-electron chi connectivity index (χ3n) is 5.15. The van der Waals surface area contributed by atoms with E-state index in [2.05, 4.69) is 12.1 Å². The van der Waals surface area contributed by atoms with Crippen molar-refractivity contribution in [1.29, 1.82) is 0 Å². The summed E-state index contributed by atoms with van der Waals surface area (Å²) in [4.78, 5) is 26.3. The van der Waals surface area contributed by atoms with E-state index in [4.69, 9.17) is 9.47 Å². The molecule has 0 aliphatic heterocycles. The number of amides is 1. The molecule has 0 spiro atoms. The van der Waals surface area contributed by atoms with Gasteiger partial charge in [-0.15, -0.1) is 0 Å². The Hall–Kier alpha value is -3.08. The molecule has 0 saturated heterocycles. The molecule has 1 aliphatic rings. The number of benzene rings is 2. The Morgan fingerprint density at radius 3 is 2.72 bits per heavy atom. The van der Waals surface area contributed by atoms with E-state index < -0.39 is 5.97 Å². The lowest BCUT2D eigenvalue weighted by molar-refractivity contribution is -0.148. The molecule has 0 aromatic heterocycles. The molecule has 29 heavy (non-hydrogen) atoms. The smallest absolute Gasteiger partial charge is 0.331 e. The van der Waals surface area contributed by atoms with E-state index in [9.17, 15) is 9.59 Å². The van der Waals surface area contributed by atoms with Gasteiger partial charge >= 0.3 is 5.97 Å². The van der Waals surface area contributed by atoms with Gasteiger partial charge in [-0.3, -0.25) is 4.79 Å². The maximum absolute atomic E-state index is 12.6. The molecule has 5 heteroatoms. The molecule has 2 aromatic carbocycles. The van der Waals surface area contributed by atoms with Crippen molar-refractivity contribution in [3.05, 3.63) is 71.3 Å². The van der Waals surface area contributed by atoms with Crippen molar-refractivity contribution in [2.45, 2.75) is 32.2 Å². The van der Waals surface area contributed by atoms with E-state index in [1.54, 1.807) is 18.0 Å². The summed E-state index contributed by atoms with van der Waals surface area (Å²) < 4.78 is 10.7. The SMILES string of the molecule is CCOc1ccccc1/C=C/C(=O)OCC(=O)N(C)[C@H]1CCCc2ccccc21. The molecule has 3 rings (SSSR count). The van der Waals surface area contributed by atoms with Crippen molar-refractivity contribution in [1.82, 2.24) is 4.90 Å². The molecule has 0 N–H and O–H groups in total. The third kappa shape index (κ3) is 5.25. The number of carbonyl (C=O) groups is 2. The molecule has 0 bridgehead atoms. The Bertz CT molecular complexity index is 890. The van der Waals surface area contributed by atoms with Crippen LogP contribution in [0.25, 0.3) is 6.08 Å². The minimum Gasteiger partial charge on any atom is -0.493 e. The molecule has 0 fully saturated rings. The fourth-order valence-electron chi connectivity index (χ4n) is 3.65. The van der Waals surface area contributed by atoms with Gasteiger partial charge < -0.3 is 14.4 Å². The molecule has 0 unspecified atom stereocenters. The fourth-order valence-corrected chi connectivity index (χ4v) is 3.65. The zero-order valence-electron chi connectivity index (χ0n) is 17.0. The van der Waals surface area contributed by atoms with Crippen molar-refractivity contribution < 1.29 is 19.1 Å². The zero-order chi connectivity index (χ0) is 20.6. The van der Waals surface area contributed by atoms with E-state index in [0.29, 0.717) is 12.4 Å². The molecule has 0 radical (unpaired) electrons. The number of carbonyl (C=O) groups excluding carboxylic acids is 2. The minimum absolute atomic E-state index is 0.0276. The second kappa shape index (κ2) is 9.92. The van der Waals surface area contributed by atoms with Crippen LogP contribution in [0.2, 0.25) is 0 Å². The van der Waals surface area contributed by atoms with Gasteiger partial charge in [0.15, 0.2) is 6.61 Å². The number of ether oxygens (including phenoxy) is 2. The number of esters is 1. The van der Waals surface area contributed by atoms with Gasteiger partial charge in [0.25, 0.3) is 5.91 Å². The predicted molar refractivity (Wildman–Crippen MR) is 112 cm³/mol. The van der Waals surface area contributed by atoms with Crippen molar-refractivity contribution in [2.75, 3.05) is 20.3 Å². The quantitative estimate of drug-likeness (QED) is 0.523. The standard InChI is InChI=1S/C24H27NO4/c1-3-28-22-14-7-5-10-19(22)15-16-24(27)29-17-23(26)25(2)21-13-8-11-18-9-4-6-12-20(18)21/h4-7,9-10,12,14-16,21H,3,8,11,13,17H2,1-2H3/b16-15+/t21-/m0/s1. The molecule has 152 valence electrons. The van der Waals surface area contributed by atoms with E-state index in [1.807, 2.05) is 43.3 Å². The average molecular weight is 393 g/mol. The van der Waals surface area contributed by atoms with Crippen molar-refractivity contribution in [3.8, 4) is 5.75 Å². The number of likely N-dealkylation sites (N-methyl/N-ethyl adjacent to an activating group) is 1. The van der Waals surface area contributed by atoms with Gasteiger partial charge in [0.2, 0.25) is 0 Å². The van der Waals surface area contributed by atoms with Crippen molar-refractivity contribution in [2.24, 2.45) is 0 Å². The molecular formula is C24H27NO4. The molecule has 1 amide bonds. The summed E-state index contributed by atoms with van der Waals surface area (Å²) in [6, 6.07) is 15.7. The molecule has 2 aromatic rings. The van der Waals surface area contributed by atoms with Crippen LogP contribution in [0.3, 0.4) is 0 Å². The van der Waals surface area contributed by atoms with Crippen LogP contribution >= 0.6 is 0 Å². The van der Waals surface area contributed by atoms with Gasteiger partial charge in [-0.2, -0.15) is 0 Å². The minimum atomic E-state index is -0.554. The van der Waals surface area contributed by atoms with Crippen LogP contribution < -0.4 is 4.74 Å². The Kier molecular flexibility index (Phi) is 7.06. The first-order chi connectivity index (χ1) is 14.1. The van der Waals surface area contributed by atoms with E-state index in [-0.39, 0.29) is 18.6 Å². The second-order valence-electron chi connectivity index (χ2n) is 7.02. The van der Waals surface area contributed by atoms with E-state index in [0.717, 1.165) is 24.8 Å². The lowest BCUT2D eigenvalue weighted by Crippen LogP contribution is -2.36. The Morgan fingerprint density at radius 1 is 1.14 bits per heavy atom. The first kappa shape index (κ1) is 20.6. The molecule has 1 atom stereocenters. The topological polar surface area (TPSA) is 55.8 Å². The monoisotopic (exact) mass is 393 g/mol. The van der Waals surface area contributed by atoms with Crippen molar-refractivity contribution >= 4 is 18.0 Å². The molecule has 0 heterocycles. The largest absolute Gasteiger partial charge is 0.493 e. The molecule has 5 nitrogen and oxygen atoms in total. The summed E-state index contributed by atoms with van der Waals surface area (Å²) >= 11 is 0. The van der Waals surface area contributed by atoms with Crippen LogP contribution in [0.1, 0.15) is 42.5 Å². The maximum Gasteiger partial charge on any atom is 0.331 e. The number of hydrogen-bond acceptors (Lipinski definition) is 4. The maximum atomic E-state index is 12.6. The van der Waals surface area contributed by atoms with E-state index in [1.165, 1.54) is 17.2 Å². The summed E-state index contributed by atoms with van der Waals surface area (Å²) in [5.41, 5.74) is 3.26. The highest BCUT2D eigenvalue weighted by Gasteiger charge is 2.26. The van der Waals surface area contributed by atoms with Gasteiger partial charge in [0.05, 0.1) is 12.6 Å². The lowest BCUT2D eigenvalue weighted by atomic mass is 9.87. The molecule has 0 saturated carbocycles. The van der Waals surface area contributed by atoms with Crippen LogP contribution in [0.15, 0.2) is 54.6 Å². The molecule has 1 aliphatic carbocycles. The van der Waals surface area contributed by atoms with Crippen molar-refractivity contribution in [3.63, 3.8) is 0 Å².